The third-order valence-electron chi connectivity index (χ3n) is 4.70. The fraction of sp³-hybridized carbons (Fsp3) is 0.350. The van der Waals surface area contributed by atoms with E-state index < -0.39 is 0 Å². The van der Waals surface area contributed by atoms with Gasteiger partial charge in [0.1, 0.15) is 0 Å². The minimum Gasteiger partial charge on any atom is -0.494 e. The summed E-state index contributed by atoms with van der Waals surface area (Å²) in [7, 11) is 3.29. The third-order valence-corrected chi connectivity index (χ3v) is 5.56. The molecule has 2 aromatic heterocycles. The van der Waals surface area contributed by atoms with Gasteiger partial charge in [0.25, 0.3) is 11.8 Å². The molecule has 0 radical (unpaired) electrons. The largest absolute Gasteiger partial charge is 0.494 e. The van der Waals surface area contributed by atoms with Gasteiger partial charge >= 0.3 is 0 Å². The van der Waals surface area contributed by atoms with Crippen molar-refractivity contribution in [2.24, 2.45) is 0 Å². The summed E-state index contributed by atoms with van der Waals surface area (Å²) in [5.74, 6) is 1.24. The van der Waals surface area contributed by atoms with E-state index in [2.05, 4.69) is 15.1 Å². The second-order valence-electron chi connectivity index (χ2n) is 6.60. The number of aromatic nitrogens is 2. The number of para-hydroxylation sites is 1. The average molecular weight is 414 g/mol. The molecule has 1 aliphatic rings. The summed E-state index contributed by atoms with van der Waals surface area (Å²) in [6.45, 7) is 3.05. The molecule has 152 valence electrons. The molecule has 1 fully saturated rings. The molecule has 1 amide bonds. The van der Waals surface area contributed by atoms with Crippen LogP contribution in [0.1, 0.15) is 16.2 Å². The average Bonchev–Trinajstić information content (AvgIpc) is 3.45. The molecule has 1 saturated heterocycles. The Morgan fingerprint density at radius 3 is 2.79 bits per heavy atom. The standard InChI is InChI=1S/C20H22N4O4S/c1-23(13-17-21-22-19(28-17)16-7-4-12-29-16)20(25)14-5-3-6-15(18(14)26-2)24-8-10-27-11-9-24/h3-7,12H,8-11,13H2,1-2H3. The monoisotopic (exact) mass is 414 g/mol. The van der Waals surface area contributed by atoms with Gasteiger partial charge in [0.2, 0.25) is 5.89 Å². The number of nitrogens with zero attached hydrogens (tertiary/aromatic N) is 4. The summed E-state index contributed by atoms with van der Waals surface area (Å²) >= 11 is 1.52. The van der Waals surface area contributed by atoms with Gasteiger partial charge in [-0.25, -0.2) is 0 Å². The topological polar surface area (TPSA) is 80.9 Å². The van der Waals surface area contributed by atoms with E-state index in [1.807, 2.05) is 29.6 Å². The molecule has 0 atom stereocenters. The van der Waals surface area contributed by atoms with Crippen LogP contribution in [0.2, 0.25) is 0 Å². The Labute approximate surface area is 172 Å². The molecule has 4 rings (SSSR count). The van der Waals surface area contributed by atoms with E-state index in [9.17, 15) is 4.79 Å². The quantitative estimate of drug-likeness (QED) is 0.613. The molecular formula is C20H22N4O4S. The molecule has 1 aliphatic heterocycles. The van der Waals surface area contributed by atoms with Crippen molar-refractivity contribution < 1.29 is 18.7 Å². The Hall–Kier alpha value is -2.91. The van der Waals surface area contributed by atoms with Crippen LogP contribution in [0.4, 0.5) is 5.69 Å². The molecule has 29 heavy (non-hydrogen) atoms. The highest BCUT2D eigenvalue weighted by Gasteiger charge is 2.24. The molecule has 0 aliphatic carbocycles. The van der Waals surface area contributed by atoms with E-state index in [4.69, 9.17) is 13.9 Å². The minimum absolute atomic E-state index is 0.173. The molecule has 0 spiro atoms. The number of thiophene rings is 1. The normalized spacial score (nSPS) is 14.1. The number of methoxy groups -OCH3 is 1. The Morgan fingerprint density at radius 2 is 2.07 bits per heavy atom. The Kier molecular flexibility index (Phi) is 5.77. The van der Waals surface area contributed by atoms with E-state index in [1.54, 1.807) is 25.1 Å². The Bertz CT molecular complexity index is 967. The number of carbonyl (C=O) groups excluding carboxylic acids is 1. The minimum atomic E-state index is -0.173. The zero-order chi connectivity index (χ0) is 20.2. The SMILES string of the molecule is COc1c(C(=O)N(C)Cc2nnc(-c3cccs3)o2)cccc1N1CCOCC1. The van der Waals surface area contributed by atoms with Crippen LogP contribution in [0.15, 0.2) is 40.1 Å². The van der Waals surface area contributed by atoms with Crippen molar-refractivity contribution in [3.05, 3.63) is 47.2 Å². The summed E-state index contributed by atoms with van der Waals surface area (Å²) in [5.41, 5.74) is 1.39. The number of rotatable bonds is 6. The van der Waals surface area contributed by atoms with Gasteiger partial charge in [-0.3, -0.25) is 4.79 Å². The third kappa shape index (κ3) is 4.10. The predicted molar refractivity (Wildman–Crippen MR) is 109 cm³/mol. The molecular weight excluding hydrogens is 392 g/mol. The fourth-order valence-electron chi connectivity index (χ4n) is 3.26. The summed E-state index contributed by atoms with van der Waals surface area (Å²) < 4.78 is 16.8. The van der Waals surface area contributed by atoms with Crippen molar-refractivity contribution in [1.29, 1.82) is 0 Å². The van der Waals surface area contributed by atoms with Crippen molar-refractivity contribution in [3.8, 4) is 16.5 Å². The number of carbonyl (C=O) groups is 1. The molecule has 9 heteroatoms. The first-order chi connectivity index (χ1) is 14.2. The highest BCUT2D eigenvalue weighted by atomic mass is 32.1. The smallest absolute Gasteiger partial charge is 0.257 e. The lowest BCUT2D eigenvalue weighted by Crippen LogP contribution is -2.36. The number of hydrogen-bond donors (Lipinski definition) is 0. The fourth-order valence-corrected chi connectivity index (χ4v) is 3.90. The number of amides is 1. The zero-order valence-electron chi connectivity index (χ0n) is 16.3. The van der Waals surface area contributed by atoms with Crippen LogP contribution in [-0.4, -0.2) is 61.5 Å². The molecule has 0 saturated carbocycles. The lowest BCUT2D eigenvalue weighted by atomic mass is 10.1. The highest BCUT2D eigenvalue weighted by molar-refractivity contribution is 7.13. The van der Waals surface area contributed by atoms with Gasteiger partial charge in [0.15, 0.2) is 5.75 Å². The maximum absolute atomic E-state index is 13.1. The van der Waals surface area contributed by atoms with Crippen LogP contribution in [0.25, 0.3) is 10.8 Å². The number of anilines is 1. The van der Waals surface area contributed by atoms with Gasteiger partial charge in [-0.05, 0) is 23.6 Å². The number of morpholine rings is 1. The second-order valence-corrected chi connectivity index (χ2v) is 7.54. The van der Waals surface area contributed by atoms with Gasteiger partial charge in [-0.1, -0.05) is 12.1 Å². The molecule has 0 N–H and O–H groups in total. The summed E-state index contributed by atoms with van der Waals surface area (Å²) in [5, 5.41) is 10.1. The first-order valence-corrected chi connectivity index (χ1v) is 10.2. The Balaban J connectivity index is 1.52. The van der Waals surface area contributed by atoms with Crippen molar-refractivity contribution in [2.75, 3.05) is 45.4 Å². The van der Waals surface area contributed by atoms with Crippen molar-refractivity contribution in [3.63, 3.8) is 0 Å². The first kappa shape index (κ1) is 19.4. The van der Waals surface area contributed by atoms with Gasteiger partial charge in [-0.15, -0.1) is 21.5 Å². The number of benzene rings is 1. The van der Waals surface area contributed by atoms with Crippen molar-refractivity contribution in [2.45, 2.75) is 6.54 Å². The van der Waals surface area contributed by atoms with Gasteiger partial charge in [-0.2, -0.15) is 0 Å². The predicted octanol–water partition coefficient (Wildman–Crippen LogP) is 2.92. The summed E-state index contributed by atoms with van der Waals surface area (Å²) in [6.07, 6.45) is 0. The summed E-state index contributed by atoms with van der Waals surface area (Å²) in [6, 6.07) is 9.45. The first-order valence-electron chi connectivity index (χ1n) is 9.29. The molecule has 0 unspecified atom stereocenters. The van der Waals surface area contributed by atoms with Gasteiger partial charge in [0, 0.05) is 20.1 Å². The van der Waals surface area contributed by atoms with Gasteiger partial charge < -0.3 is 23.7 Å². The van der Waals surface area contributed by atoms with Crippen LogP contribution < -0.4 is 9.64 Å². The summed E-state index contributed by atoms with van der Waals surface area (Å²) in [4.78, 5) is 17.7. The van der Waals surface area contributed by atoms with Gasteiger partial charge in [0.05, 0.1) is 43.0 Å². The molecule has 1 aromatic carbocycles. The molecule has 3 aromatic rings. The highest BCUT2D eigenvalue weighted by Crippen LogP contribution is 2.33. The van der Waals surface area contributed by atoms with Crippen molar-refractivity contribution >= 4 is 22.9 Å². The lowest BCUT2D eigenvalue weighted by Gasteiger charge is -2.30. The Morgan fingerprint density at radius 1 is 1.24 bits per heavy atom. The maximum atomic E-state index is 13.1. The number of ether oxygens (including phenoxy) is 2. The van der Waals surface area contributed by atoms with Crippen LogP contribution in [0.3, 0.4) is 0 Å². The van der Waals surface area contributed by atoms with E-state index >= 15 is 0 Å². The zero-order valence-corrected chi connectivity index (χ0v) is 17.1. The number of hydrogen-bond acceptors (Lipinski definition) is 8. The van der Waals surface area contributed by atoms with E-state index in [0.29, 0.717) is 36.3 Å². The second kappa shape index (κ2) is 8.62. The van der Waals surface area contributed by atoms with E-state index in [1.165, 1.54) is 11.3 Å². The van der Waals surface area contributed by atoms with Crippen molar-refractivity contribution in [1.82, 2.24) is 15.1 Å². The molecule has 3 heterocycles. The van der Waals surface area contributed by atoms with Crippen LogP contribution in [0.5, 0.6) is 5.75 Å². The molecule has 0 bridgehead atoms. The van der Waals surface area contributed by atoms with Crippen LogP contribution in [0, 0.1) is 0 Å². The van der Waals surface area contributed by atoms with E-state index in [0.717, 1.165) is 23.7 Å². The van der Waals surface area contributed by atoms with Crippen LogP contribution in [-0.2, 0) is 11.3 Å². The van der Waals surface area contributed by atoms with Crippen LogP contribution >= 0.6 is 11.3 Å². The lowest BCUT2D eigenvalue weighted by molar-refractivity contribution is 0.0769. The maximum Gasteiger partial charge on any atom is 0.257 e. The van der Waals surface area contributed by atoms with E-state index in [-0.39, 0.29) is 12.5 Å². The molecule has 8 nitrogen and oxygen atoms in total.